The molecule has 0 radical (unpaired) electrons. The summed E-state index contributed by atoms with van der Waals surface area (Å²) in [6.07, 6.45) is 2.71. The molecule has 2 rings (SSSR count). The summed E-state index contributed by atoms with van der Waals surface area (Å²) in [6, 6.07) is 9.22. The Labute approximate surface area is 123 Å². The summed E-state index contributed by atoms with van der Waals surface area (Å²) >= 11 is 0. The number of ether oxygens (including phenoxy) is 1. The topological polar surface area (TPSA) is 24.5 Å². The highest BCUT2D eigenvalue weighted by molar-refractivity contribution is 5.28. The van der Waals surface area contributed by atoms with Crippen molar-refractivity contribution in [1.29, 1.82) is 0 Å². The largest absolute Gasteiger partial charge is 0.492 e. The van der Waals surface area contributed by atoms with E-state index in [9.17, 15) is 0 Å². The average molecular weight is 276 g/mol. The van der Waals surface area contributed by atoms with Crippen molar-refractivity contribution in [3.8, 4) is 5.75 Å². The van der Waals surface area contributed by atoms with Crippen LogP contribution in [0.3, 0.4) is 0 Å². The predicted molar refractivity (Wildman–Crippen MR) is 84.1 cm³/mol. The third-order valence-corrected chi connectivity index (χ3v) is 3.66. The second kappa shape index (κ2) is 7.65. The Balaban J connectivity index is 1.70. The first-order valence-corrected chi connectivity index (χ1v) is 7.78. The Kier molecular flexibility index (Phi) is 5.86. The van der Waals surface area contributed by atoms with E-state index in [-0.39, 0.29) is 0 Å². The molecule has 0 saturated heterocycles. The monoisotopic (exact) mass is 276 g/mol. The molecule has 0 atom stereocenters. The number of benzene rings is 1. The lowest BCUT2D eigenvalue weighted by molar-refractivity contribution is 0.232. The van der Waals surface area contributed by atoms with Crippen LogP contribution in [0.5, 0.6) is 5.75 Å². The molecule has 1 aliphatic carbocycles. The number of hydrogen-bond donors (Lipinski definition) is 1. The Morgan fingerprint density at radius 3 is 2.85 bits per heavy atom. The van der Waals surface area contributed by atoms with Crippen molar-refractivity contribution in [2.45, 2.75) is 39.3 Å². The Bertz CT molecular complexity index is 402. The minimum atomic E-state index is 0.687. The predicted octanol–water partition coefficient (Wildman–Crippen LogP) is 2.91. The van der Waals surface area contributed by atoms with E-state index in [1.54, 1.807) is 0 Å². The first-order valence-electron chi connectivity index (χ1n) is 7.78. The first-order chi connectivity index (χ1) is 9.65. The number of rotatable bonds is 9. The highest BCUT2D eigenvalue weighted by atomic mass is 16.5. The highest BCUT2D eigenvalue weighted by Gasteiger charge is 2.25. The SMILES string of the molecule is CC(C)CNCc1cccc(OCCN(C)C2CC2)c1. The summed E-state index contributed by atoms with van der Waals surface area (Å²) in [7, 11) is 2.19. The van der Waals surface area contributed by atoms with E-state index in [4.69, 9.17) is 4.74 Å². The van der Waals surface area contributed by atoms with Gasteiger partial charge in [0, 0.05) is 19.1 Å². The Hall–Kier alpha value is -1.06. The van der Waals surface area contributed by atoms with Crippen molar-refractivity contribution in [3.05, 3.63) is 29.8 Å². The summed E-state index contributed by atoms with van der Waals surface area (Å²) in [5.74, 6) is 1.67. The minimum Gasteiger partial charge on any atom is -0.492 e. The number of nitrogens with zero attached hydrogens (tertiary/aromatic N) is 1. The fourth-order valence-corrected chi connectivity index (χ4v) is 2.26. The molecule has 3 heteroatoms. The molecule has 0 bridgehead atoms. The normalized spacial score (nSPS) is 15.1. The van der Waals surface area contributed by atoms with Gasteiger partial charge in [-0.2, -0.15) is 0 Å². The van der Waals surface area contributed by atoms with Gasteiger partial charge in [0.2, 0.25) is 0 Å². The Morgan fingerprint density at radius 2 is 2.15 bits per heavy atom. The van der Waals surface area contributed by atoms with Crippen LogP contribution in [0.1, 0.15) is 32.3 Å². The molecule has 3 nitrogen and oxygen atoms in total. The minimum absolute atomic E-state index is 0.687. The van der Waals surface area contributed by atoms with Crippen LogP contribution in [0.2, 0.25) is 0 Å². The standard InChI is InChI=1S/C17H28N2O/c1-14(2)12-18-13-15-5-4-6-17(11-15)20-10-9-19(3)16-7-8-16/h4-6,11,14,16,18H,7-10,12-13H2,1-3H3. The smallest absolute Gasteiger partial charge is 0.119 e. The lowest BCUT2D eigenvalue weighted by atomic mass is 10.2. The van der Waals surface area contributed by atoms with E-state index in [2.05, 4.69) is 49.3 Å². The molecule has 0 spiro atoms. The lowest BCUT2D eigenvalue weighted by Gasteiger charge is -2.16. The summed E-state index contributed by atoms with van der Waals surface area (Å²) in [6.45, 7) is 8.21. The maximum Gasteiger partial charge on any atom is 0.119 e. The van der Waals surface area contributed by atoms with Gasteiger partial charge >= 0.3 is 0 Å². The molecule has 1 aromatic rings. The molecule has 1 N–H and O–H groups in total. The zero-order valence-electron chi connectivity index (χ0n) is 13.1. The number of nitrogens with one attached hydrogen (secondary N) is 1. The number of hydrogen-bond acceptors (Lipinski definition) is 3. The second-order valence-electron chi connectivity index (χ2n) is 6.23. The van der Waals surface area contributed by atoms with Crippen molar-refractivity contribution in [2.75, 3.05) is 26.7 Å². The molecule has 0 unspecified atom stereocenters. The number of likely N-dealkylation sites (N-methyl/N-ethyl adjacent to an activating group) is 1. The Morgan fingerprint density at radius 1 is 1.35 bits per heavy atom. The van der Waals surface area contributed by atoms with Crippen LogP contribution in [-0.4, -0.2) is 37.7 Å². The van der Waals surface area contributed by atoms with E-state index < -0.39 is 0 Å². The van der Waals surface area contributed by atoms with Crippen molar-refractivity contribution >= 4 is 0 Å². The van der Waals surface area contributed by atoms with Gasteiger partial charge in [0.25, 0.3) is 0 Å². The summed E-state index contributed by atoms with van der Waals surface area (Å²) in [5.41, 5.74) is 1.29. The van der Waals surface area contributed by atoms with Crippen LogP contribution in [0, 0.1) is 5.92 Å². The molecule has 1 fully saturated rings. The van der Waals surface area contributed by atoms with Crippen molar-refractivity contribution in [3.63, 3.8) is 0 Å². The molecule has 20 heavy (non-hydrogen) atoms. The average Bonchev–Trinajstić information content (AvgIpc) is 3.23. The fourth-order valence-electron chi connectivity index (χ4n) is 2.26. The first kappa shape index (κ1) is 15.3. The van der Waals surface area contributed by atoms with Crippen LogP contribution < -0.4 is 10.1 Å². The van der Waals surface area contributed by atoms with Crippen LogP contribution in [-0.2, 0) is 6.54 Å². The molecule has 0 aliphatic heterocycles. The quantitative estimate of drug-likeness (QED) is 0.750. The third kappa shape index (κ3) is 5.51. The van der Waals surface area contributed by atoms with Gasteiger partial charge in [-0.3, -0.25) is 0 Å². The summed E-state index contributed by atoms with van der Waals surface area (Å²) < 4.78 is 5.85. The van der Waals surface area contributed by atoms with Gasteiger partial charge < -0.3 is 15.0 Å². The van der Waals surface area contributed by atoms with Gasteiger partial charge in [-0.25, -0.2) is 0 Å². The molecular formula is C17H28N2O. The van der Waals surface area contributed by atoms with Gasteiger partial charge in [-0.15, -0.1) is 0 Å². The summed E-state index contributed by atoms with van der Waals surface area (Å²) in [5, 5.41) is 3.46. The maximum absolute atomic E-state index is 5.85. The lowest BCUT2D eigenvalue weighted by Crippen LogP contribution is -2.26. The molecule has 1 aromatic carbocycles. The van der Waals surface area contributed by atoms with Crippen LogP contribution >= 0.6 is 0 Å². The highest BCUT2D eigenvalue weighted by Crippen LogP contribution is 2.24. The molecule has 1 aliphatic rings. The zero-order valence-corrected chi connectivity index (χ0v) is 13.1. The molecule has 0 aromatic heterocycles. The van der Waals surface area contributed by atoms with Gasteiger partial charge in [0.1, 0.15) is 12.4 Å². The molecular weight excluding hydrogens is 248 g/mol. The van der Waals surface area contributed by atoms with Gasteiger partial charge in [-0.1, -0.05) is 26.0 Å². The van der Waals surface area contributed by atoms with Gasteiger partial charge in [0.05, 0.1) is 0 Å². The van der Waals surface area contributed by atoms with E-state index in [0.717, 1.165) is 38.0 Å². The summed E-state index contributed by atoms with van der Waals surface area (Å²) in [4.78, 5) is 2.40. The molecule has 0 heterocycles. The molecule has 1 saturated carbocycles. The van der Waals surface area contributed by atoms with E-state index in [1.807, 2.05) is 6.07 Å². The third-order valence-electron chi connectivity index (χ3n) is 3.66. The van der Waals surface area contributed by atoms with E-state index in [0.29, 0.717) is 5.92 Å². The van der Waals surface area contributed by atoms with Crippen molar-refractivity contribution in [2.24, 2.45) is 5.92 Å². The zero-order chi connectivity index (χ0) is 14.4. The van der Waals surface area contributed by atoms with E-state index >= 15 is 0 Å². The molecule has 0 amide bonds. The van der Waals surface area contributed by atoms with Gasteiger partial charge in [0.15, 0.2) is 0 Å². The van der Waals surface area contributed by atoms with Crippen molar-refractivity contribution < 1.29 is 4.74 Å². The van der Waals surface area contributed by atoms with Crippen molar-refractivity contribution in [1.82, 2.24) is 10.2 Å². The van der Waals surface area contributed by atoms with Crippen LogP contribution in [0.25, 0.3) is 0 Å². The van der Waals surface area contributed by atoms with Crippen LogP contribution in [0.4, 0.5) is 0 Å². The fraction of sp³-hybridized carbons (Fsp3) is 0.647. The van der Waals surface area contributed by atoms with Crippen LogP contribution in [0.15, 0.2) is 24.3 Å². The maximum atomic E-state index is 5.85. The second-order valence-corrected chi connectivity index (χ2v) is 6.23. The van der Waals surface area contributed by atoms with Gasteiger partial charge in [-0.05, 0) is 50.0 Å². The van der Waals surface area contributed by atoms with E-state index in [1.165, 1.54) is 18.4 Å². The molecule has 112 valence electrons.